The molecule has 1 aliphatic carbocycles. The lowest BCUT2D eigenvalue weighted by Crippen LogP contribution is -2.17. The molecule has 1 saturated carbocycles. The Bertz CT molecular complexity index is 409. The van der Waals surface area contributed by atoms with Crippen LogP contribution in [0.3, 0.4) is 0 Å². The highest BCUT2D eigenvalue weighted by atomic mass is 32.1. The van der Waals surface area contributed by atoms with E-state index in [0.29, 0.717) is 16.4 Å². The molecule has 0 spiro atoms. The molecule has 0 aliphatic heterocycles. The number of hydrogen-bond donors (Lipinski definition) is 2. The third-order valence-corrected chi connectivity index (χ3v) is 3.74. The van der Waals surface area contributed by atoms with Crippen LogP contribution in [0.4, 0.5) is 5.69 Å². The smallest absolute Gasteiger partial charge is 0.103 e. The van der Waals surface area contributed by atoms with Crippen molar-refractivity contribution in [2.24, 2.45) is 11.1 Å². The number of hydrogen-bond acceptors (Lipinski definition) is 2. The lowest BCUT2D eigenvalue weighted by Gasteiger charge is -2.18. The van der Waals surface area contributed by atoms with Crippen molar-refractivity contribution in [2.45, 2.75) is 39.2 Å². The Morgan fingerprint density at radius 3 is 2.47 bits per heavy atom. The first-order valence-electron chi connectivity index (χ1n) is 6.13. The number of thiocarbonyl (C=S) groups is 1. The Morgan fingerprint density at radius 1 is 1.35 bits per heavy atom. The minimum absolute atomic E-state index is 0.457. The summed E-state index contributed by atoms with van der Waals surface area (Å²) in [5.74, 6) is 0. The Morgan fingerprint density at radius 2 is 2.00 bits per heavy atom. The van der Waals surface area contributed by atoms with Gasteiger partial charge in [-0.15, -0.1) is 0 Å². The summed E-state index contributed by atoms with van der Waals surface area (Å²) in [5.41, 5.74) is 8.14. The minimum Gasteiger partial charge on any atom is -0.389 e. The SMILES string of the molecule is CC1(C)CCC(Nc2ccc(C(N)=S)cc2)C1. The summed E-state index contributed by atoms with van der Waals surface area (Å²) in [6.45, 7) is 4.68. The van der Waals surface area contributed by atoms with Crippen molar-refractivity contribution in [3.8, 4) is 0 Å². The fraction of sp³-hybridized carbons (Fsp3) is 0.500. The van der Waals surface area contributed by atoms with Gasteiger partial charge in [-0.2, -0.15) is 0 Å². The van der Waals surface area contributed by atoms with Crippen LogP contribution in [0.5, 0.6) is 0 Å². The van der Waals surface area contributed by atoms with E-state index in [1.807, 2.05) is 12.1 Å². The second-order valence-electron chi connectivity index (χ2n) is 5.69. The van der Waals surface area contributed by atoms with Gasteiger partial charge in [-0.05, 0) is 48.9 Å². The summed E-state index contributed by atoms with van der Waals surface area (Å²) >= 11 is 4.94. The van der Waals surface area contributed by atoms with Gasteiger partial charge in [-0.1, -0.05) is 26.1 Å². The first-order chi connectivity index (χ1) is 7.96. The van der Waals surface area contributed by atoms with E-state index >= 15 is 0 Å². The molecule has 1 aromatic carbocycles. The Kier molecular flexibility index (Phi) is 3.38. The van der Waals surface area contributed by atoms with Crippen LogP contribution in [-0.4, -0.2) is 11.0 Å². The van der Waals surface area contributed by atoms with Crippen molar-refractivity contribution in [3.63, 3.8) is 0 Å². The number of nitrogens with two attached hydrogens (primary N) is 1. The molecule has 17 heavy (non-hydrogen) atoms. The lowest BCUT2D eigenvalue weighted by molar-refractivity contribution is 0.378. The molecule has 1 unspecified atom stereocenters. The zero-order valence-corrected chi connectivity index (χ0v) is 11.3. The second kappa shape index (κ2) is 4.65. The molecule has 0 bridgehead atoms. The maximum Gasteiger partial charge on any atom is 0.103 e. The Labute approximate surface area is 109 Å². The van der Waals surface area contributed by atoms with E-state index in [-0.39, 0.29) is 0 Å². The number of nitrogens with one attached hydrogen (secondary N) is 1. The Hall–Kier alpha value is -1.09. The standard InChI is InChI=1S/C14H20N2S/c1-14(2)8-7-12(9-14)16-11-5-3-10(4-6-11)13(15)17/h3-6,12,16H,7-9H2,1-2H3,(H2,15,17). The van der Waals surface area contributed by atoms with Crippen LogP contribution >= 0.6 is 12.2 Å². The molecular formula is C14H20N2S. The third kappa shape index (κ3) is 3.19. The molecule has 1 fully saturated rings. The first kappa shape index (κ1) is 12.4. The van der Waals surface area contributed by atoms with Gasteiger partial charge >= 0.3 is 0 Å². The summed E-state index contributed by atoms with van der Waals surface area (Å²) in [6, 6.07) is 8.66. The molecular weight excluding hydrogens is 228 g/mol. The van der Waals surface area contributed by atoms with E-state index in [1.165, 1.54) is 19.3 Å². The monoisotopic (exact) mass is 248 g/mol. The molecule has 3 heteroatoms. The summed E-state index contributed by atoms with van der Waals surface area (Å²) < 4.78 is 0. The average molecular weight is 248 g/mol. The fourth-order valence-electron chi connectivity index (χ4n) is 2.53. The van der Waals surface area contributed by atoms with Gasteiger partial charge in [0.15, 0.2) is 0 Å². The molecule has 3 N–H and O–H groups in total. The highest BCUT2D eigenvalue weighted by Gasteiger charge is 2.30. The predicted octanol–water partition coefficient (Wildman–Crippen LogP) is 3.31. The van der Waals surface area contributed by atoms with Gasteiger partial charge < -0.3 is 11.1 Å². The van der Waals surface area contributed by atoms with Crippen molar-refractivity contribution in [2.75, 3.05) is 5.32 Å². The summed E-state index contributed by atoms with van der Waals surface area (Å²) in [4.78, 5) is 0.457. The summed E-state index contributed by atoms with van der Waals surface area (Å²) in [7, 11) is 0. The topological polar surface area (TPSA) is 38.0 Å². The second-order valence-corrected chi connectivity index (χ2v) is 6.13. The van der Waals surface area contributed by atoms with Crippen molar-refractivity contribution in [3.05, 3.63) is 29.8 Å². The molecule has 0 heterocycles. The van der Waals surface area contributed by atoms with Crippen LogP contribution < -0.4 is 11.1 Å². The number of anilines is 1. The maximum absolute atomic E-state index is 5.57. The third-order valence-electron chi connectivity index (χ3n) is 3.51. The lowest BCUT2D eigenvalue weighted by atomic mass is 9.92. The molecule has 2 nitrogen and oxygen atoms in total. The zero-order chi connectivity index (χ0) is 12.5. The highest BCUT2D eigenvalue weighted by molar-refractivity contribution is 7.80. The van der Waals surface area contributed by atoms with Crippen LogP contribution in [-0.2, 0) is 0 Å². The van der Waals surface area contributed by atoms with Gasteiger partial charge in [0.05, 0.1) is 0 Å². The average Bonchev–Trinajstić information content (AvgIpc) is 2.59. The number of rotatable bonds is 3. The van der Waals surface area contributed by atoms with E-state index in [4.69, 9.17) is 18.0 Å². The Balaban J connectivity index is 1.98. The van der Waals surface area contributed by atoms with Crippen LogP contribution in [0.2, 0.25) is 0 Å². The summed E-state index contributed by atoms with van der Waals surface area (Å²) in [5, 5.41) is 3.58. The fourth-order valence-corrected chi connectivity index (χ4v) is 2.66. The largest absolute Gasteiger partial charge is 0.389 e. The molecule has 1 aromatic rings. The van der Waals surface area contributed by atoms with Gasteiger partial charge in [0, 0.05) is 17.3 Å². The first-order valence-corrected chi connectivity index (χ1v) is 6.53. The van der Waals surface area contributed by atoms with Crippen molar-refractivity contribution in [1.82, 2.24) is 0 Å². The maximum atomic E-state index is 5.57. The molecule has 1 aliphatic rings. The molecule has 1 atom stereocenters. The van der Waals surface area contributed by atoms with Gasteiger partial charge in [-0.3, -0.25) is 0 Å². The van der Waals surface area contributed by atoms with E-state index in [1.54, 1.807) is 0 Å². The molecule has 0 amide bonds. The molecule has 2 rings (SSSR count). The van der Waals surface area contributed by atoms with Crippen LogP contribution in [0.1, 0.15) is 38.7 Å². The van der Waals surface area contributed by atoms with Gasteiger partial charge in [0.25, 0.3) is 0 Å². The van der Waals surface area contributed by atoms with E-state index in [9.17, 15) is 0 Å². The predicted molar refractivity (Wildman–Crippen MR) is 77.4 cm³/mol. The van der Waals surface area contributed by atoms with Crippen LogP contribution in [0, 0.1) is 5.41 Å². The van der Waals surface area contributed by atoms with Crippen molar-refractivity contribution >= 4 is 22.9 Å². The van der Waals surface area contributed by atoms with E-state index in [0.717, 1.165) is 11.3 Å². The van der Waals surface area contributed by atoms with Crippen LogP contribution in [0.15, 0.2) is 24.3 Å². The minimum atomic E-state index is 0.457. The van der Waals surface area contributed by atoms with Gasteiger partial charge in [-0.25, -0.2) is 0 Å². The normalized spacial score (nSPS) is 22.4. The van der Waals surface area contributed by atoms with Crippen molar-refractivity contribution in [1.29, 1.82) is 0 Å². The van der Waals surface area contributed by atoms with Gasteiger partial charge in [0.1, 0.15) is 4.99 Å². The molecule has 0 radical (unpaired) electrons. The number of benzene rings is 1. The summed E-state index contributed by atoms with van der Waals surface area (Å²) in [6.07, 6.45) is 3.80. The molecule has 0 aromatic heterocycles. The zero-order valence-electron chi connectivity index (χ0n) is 10.5. The van der Waals surface area contributed by atoms with Crippen molar-refractivity contribution < 1.29 is 0 Å². The van der Waals surface area contributed by atoms with Gasteiger partial charge in [0.2, 0.25) is 0 Å². The van der Waals surface area contributed by atoms with E-state index < -0.39 is 0 Å². The molecule has 92 valence electrons. The van der Waals surface area contributed by atoms with Crippen LogP contribution in [0.25, 0.3) is 0 Å². The highest BCUT2D eigenvalue weighted by Crippen LogP contribution is 2.38. The van der Waals surface area contributed by atoms with E-state index in [2.05, 4.69) is 31.3 Å². The quantitative estimate of drug-likeness (QED) is 0.806. The molecule has 0 saturated heterocycles.